The minimum absolute atomic E-state index is 0.114. The lowest BCUT2D eigenvalue weighted by atomic mass is 10.0. The van der Waals surface area contributed by atoms with Gasteiger partial charge in [0, 0.05) is 6.04 Å². The summed E-state index contributed by atoms with van der Waals surface area (Å²) in [6.07, 6.45) is 0.465. The van der Waals surface area contributed by atoms with Gasteiger partial charge in [0.15, 0.2) is 0 Å². The average molecular weight is 328 g/mol. The lowest BCUT2D eigenvalue weighted by molar-refractivity contribution is -0.151. The van der Waals surface area contributed by atoms with Crippen molar-refractivity contribution in [1.29, 1.82) is 0 Å². The lowest BCUT2D eigenvalue weighted by Gasteiger charge is -2.30. The van der Waals surface area contributed by atoms with Crippen LogP contribution >= 0.6 is 15.9 Å². The Morgan fingerprint density at radius 2 is 1.89 bits per heavy atom. The van der Waals surface area contributed by atoms with E-state index >= 15 is 0 Å². The molecular formula is C15H22BrNO2. The molecule has 1 aromatic rings. The molecule has 1 aromatic carbocycles. The Balaban J connectivity index is 2.91. The van der Waals surface area contributed by atoms with Gasteiger partial charge >= 0.3 is 5.97 Å². The summed E-state index contributed by atoms with van der Waals surface area (Å²) in [5.41, 5.74) is 1.02. The molecule has 19 heavy (non-hydrogen) atoms. The van der Waals surface area contributed by atoms with Gasteiger partial charge < -0.3 is 9.64 Å². The number of carbonyl (C=O) groups excluding carboxylic acids is 1. The predicted molar refractivity (Wildman–Crippen MR) is 81.4 cm³/mol. The highest BCUT2D eigenvalue weighted by atomic mass is 79.9. The van der Waals surface area contributed by atoms with Crippen LogP contribution in [0.15, 0.2) is 30.3 Å². The summed E-state index contributed by atoms with van der Waals surface area (Å²) in [5.74, 6) is -0.204. The number of rotatable bonds is 6. The van der Waals surface area contributed by atoms with E-state index in [0.29, 0.717) is 0 Å². The van der Waals surface area contributed by atoms with Gasteiger partial charge in [0.25, 0.3) is 0 Å². The van der Waals surface area contributed by atoms with Crippen LogP contribution in [0.5, 0.6) is 0 Å². The van der Waals surface area contributed by atoms with Crippen LogP contribution in [0.3, 0.4) is 0 Å². The Morgan fingerprint density at radius 3 is 2.37 bits per heavy atom. The normalized spacial score (nSPS) is 15.9. The fraction of sp³-hybridized carbons (Fsp3) is 0.533. The summed E-state index contributed by atoms with van der Waals surface area (Å²) < 4.78 is 5.68. The van der Waals surface area contributed by atoms with E-state index in [1.54, 1.807) is 0 Å². The average Bonchev–Trinajstić information content (AvgIpc) is 2.43. The molecule has 0 bridgehead atoms. The van der Waals surface area contributed by atoms with Crippen LogP contribution < -0.4 is 0 Å². The maximum atomic E-state index is 12.0. The number of carbonyl (C=O) groups is 1. The van der Waals surface area contributed by atoms with E-state index < -0.39 is 0 Å². The fourth-order valence-corrected chi connectivity index (χ4v) is 1.83. The first-order valence-electron chi connectivity index (χ1n) is 6.53. The van der Waals surface area contributed by atoms with Crippen molar-refractivity contribution in [3.63, 3.8) is 0 Å². The van der Waals surface area contributed by atoms with Gasteiger partial charge in [0.2, 0.25) is 0 Å². The molecule has 4 heteroatoms. The highest BCUT2D eigenvalue weighted by molar-refractivity contribution is 9.10. The van der Waals surface area contributed by atoms with Crippen LogP contribution in [0.25, 0.3) is 0 Å². The molecule has 0 spiro atoms. The molecule has 0 radical (unpaired) electrons. The number of nitrogens with zero attached hydrogens (tertiary/aromatic N) is 1. The van der Waals surface area contributed by atoms with Crippen LogP contribution in [0.1, 0.15) is 31.9 Å². The third kappa shape index (κ3) is 4.62. The molecule has 106 valence electrons. The number of halogens is 1. The Morgan fingerprint density at radius 1 is 1.32 bits per heavy atom. The molecule has 0 fully saturated rings. The zero-order chi connectivity index (χ0) is 14.4. The molecule has 0 saturated carbocycles. The topological polar surface area (TPSA) is 29.5 Å². The monoisotopic (exact) mass is 327 g/mol. The summed E-state index contributed by atoms with van der Waals surface area (Å²) >= 11 is 3.34. The largest absolute Gasteiger partial charge is 0.455 e. The van der Waals surface area contributed by atoms with Crippen molar-refractivity contribution in [1.82, 2.24) is 4.90 Å². The van der Waals surface area contributed by atoms with Gasteiger partial charge in [-0.3, -0.25) is 4.79 Å². The summed E-state index contributed by atoms with van der Waals surface area (Å²) in [6.45, 7) is 4.01. The Bertz CT molecular complexity index is 394. The summed E-state index contributed by atoms with van der Waals surface area (Å²) in [5, 5.41) is 0. The van der Waals surface area contributed by atoms with Gasteiger partial charge in [-0.05, 0) is 33.0 Å². The number of likely N-dealkylation sites (N-methyl/N-ethyl adjacent to an activating group) is 1. The first-order chi connectivity index (χ1) is 8.97. The number of ether oxygens (including phenoxy) is 1. The van der Waals surface area contributed by atoms with Crippen molar-refractivity contribution in [2.24, 2.45) is 0 Å². The van der Waals surface area contributed by atoms with Crippen LogP contribution in [-0.2, 0) is 9.53 Å². The maximum absolute atomic E-state index is 12.0. The molecule has 1 unspecified atom stereocenters. The molecular weight excluding hydrogens is 306 g/mol. The highest BCUT2D eigenvalue weighted by Crippen LogP contribution is 2.25. The van der Waals surface area contributed by atoms with E-state index in [-0.39, 0.29) is 22.9 Å². The van der Waals surface area contributed by atoms with Crippen LogP contribution in [0, 0.1) is 0 Å². The van der Waals surface area contributed by atoms with E-state index in [9.17, 15) is 4.79 Å². The van der Waals surface area contributed by atoms with Crippen molar-refractivity contribution in [3.8, 4) is 0 Å². The van der Waals surface area contributed by atoms with Crippen LogP contribution in [0.4, 0.5) is 0 Å². The Hall–Kier alpha value is -0.870. The van der Waals surface area contributed by atoms with Crippen molar-refractivity contribution in [2.45, 2.75) is 37.2 Å². The number of benzene rings is 1. The molecule has 0 aromatic heterocycles. The van der Waals surface area contributed by atoms with Crippen molar-refractivity contribution >= 4 is 21.9 Å². The van der Waals surface area contributed by atoms with Crippen molar-refractivity contribution in [2.75, 3.05) is 14.1 Å². The number of alkyl halides is 1. The Kier molecular flexibility index (Phi) is 6.52. The highest BCUT2D eigenvalue weighted by Gasteiger charge is 2.27. The molecule has 3 atom stereocenters. The molecule has 3 nitrogen and oxygen atoms in total. The molecule has 0 amide bonds. The minimum Gasteiger partial charge on any atom is -0.455 e. The molecule has 0 N–H and O–H groups in total. The second-order valence-corrected chi connectivity index (χ2v) is 5.95. The summed E-state index contributed by atoms with van der Waals surface area (Å²) in [4.78, 5) is 13.8. The third-order valence-electron chi connectivity index (χ3n) is 3.24. The summed E-state index contributed by atoms with van der Waals surface area (Å²) in [6, 6.07) is 9.99. The summed E-state index contributed by atoms with van der Waals surface area (Å²) in [7, 11) is 3.97. The second-order valence-electron chi connectivity index (χ2n) is 4.85. The van der Waals surface area contributed by atoms with Crippen LogP contribution in [0.2, 0.25) is 0 Å². The molecule has 1 rings (SSSR count). The van der Waals surface area contributed by atoms with E-state index in [1.807, 2.05) is 51.4 Å². The zero-order valence-electron chi connectivity index (χ0n) is 12.0. The molecule has 0 aliphatic rings. The SMILES string of the molecule is CC[C@@H](Br)C(=O)OC(c1ccccc1)[C@H](C)N(C)C. The standard InChI is InChI=1S/C15H22BrNO2/c1-5-13(16)15(18)19-14(11(2)17(3)4)12-9-7-6-8-10-12/h6-11,13-14H,5H2,1-4H3/t11-,13+,14?/m0/s1. The van der Waals surface area contributed by atoms with Gasteiger partial charge in [-0.2, -0.15) is 0 Å². The number of esters is 1. The molecule has 0 aliphatic carbocycles. The van der Waals surface area contributed by atoms with Crippen molar-refractivity contribution in [3.05, 3.63) is 35.9 Å². The van der Waals surface area contributed by atoms with E-state index in [2.05, 4.69) is 27.8 Å². The Labute approximate surface area is 124 Å². The van der Waals surface area contributed by atoms with Gasteiger partial charge in [-0.1, -0.05) is 53.2 Å². The van der Waals surface area contributed by atoms with E-state index in [1.165, 1.54) is 0 Å². The lowest BCUT2D eigenvalue weighted by Crippen LogP contribution is -2.35. The van der Waals surface area contributed by atoms with E-state index in [4.69, 9.17) is 4.74 Å². The molecule has 0 heterocycles. The molecule has 0 saturated heterocycles. The smallest absolute Gasteiger partial charge is 0.320 e. The zero-order valence-corrected chi connectivity index (χ0v) is 13.6. The maximum Gasteiger partial charge on any atom is 0.320 e. The van der Waals surface area contributed by atoms with Crippen LogP contribution in [-0.4, -0.2) is 35.8 Å². The number of hydrogen-bond donors (Lipinski definition) is 0. The number of hydrogen-bond acceptors (Lipinski definition) is 3. The first-order valence-corrected chi connectivity index (χ1v) is 7.44. The van der Waals surface area contributed by atoms with Gasteiger partial charge in [0.1, 0.15) is 10.9 Å². The van der Waals surface area contributed by atoms with Gasteiger partial charge in [-0.15, -0.1) is 0 Å². The quantitative estimate of drug-likeness (QED) is 0.592. The first kappa shape index (κ1) is 16.2. The van der Waals surface area contributed by atoms with Crippen molar-refractivity contribution < 1.29 is 9.53 Å². The predicted octanol–water partition coefficient (Wildman–Crippen LogP) is 3.39. The minimum atomic E-state index is -0.254. The third-order valence-corrected chi connectivity index (χ3v) is 4.26. The second kappa shape index (κ2) is 7.65. The fourth-order valence-electron chi connectivity index (χ4n) is 1.72. The van der Waals surface area contributed by atoms with E-state index in [0.717, 1.165) is 12.0 Å². The van der Waals surface area contributed by atoms with Gasteiger partial charge in [0.05, 0.1) is 0 Å². The van der Waals surface area contributed by atoms with Gasteiger partial charge in [-0.25, -0.2) is 0 Å². The molecule has 0 aliphatic heterocycles.